The summed E-state index contributed by atoms with van der Waals surface area (Å²) in [6.07, 6.45) is 4.66. The van der Waals surface area contributed by atoms with Crippen LogP contribution in [0.15, 0.2) is 11.2 Å². The number of imidazole rings is 1. The van der Waals surface area contributed by atoms with Gasteiger partial charge < -0.3 is 9.67 Å². The van der Waals surface area contributed by atoms with Crippen LogP contribution in [0.5, 0.6) is 0 Å². The second-order valence-corrected chi connectivity index (χ2v) is 6.71. The molecule has 0 saturated heterocycles. The molecule has 0 atom stereocenters. The summed E-state index contributed by atoms with van der Waals surface area (Å²) in [5.41, 5.74) is -0.892. The van der Waals surface area contributed by atoms with E-state index in [1.165, 1.54) is 6.20 Å². The van der Waals surface area contributed by atoms with Crippen LogP contribution in [0, 0.1) is 6.92 Å². The minimum absolute atomic E-state index is 0.00379. The number of hydrogen-bond donors (Lipinski definition) is 2. The Labute approximate surface area is 107 Å². The topological polar surface area (TPSA) is 84.2 Å². The van der Waals surface area contributed by atoms with Crippen LogP contribution in [0.1, 0.15) is 31.5 Å². The highest BCUT2D eigenvalue weighted by Gasteiger charge is 2.33. The van der Waals surface area contributed by atoms with Crippen molar-refractivity contribution in [2.45, 2.75) is 43.2 Å². The summed E-state index contributed by atoms with van der Waals surface area (Å²) in [5.74, 6) is 0.634. The molecule has 1 fully saturated rings. The first kappa shape index (κ1) is 13.5. The van der Waals surface area contributed by atoms with Gasteiger partial charge in [0.05, 0.1) is 5.60 Å². The Morgan fingerprint density at radius 2 is 2.11 bits per heavy atom. The van der Waals surface area contributed by atoms with Crippen molar-refractivity contribution in [2.24, 2.45) is 7.05 Å². The summed E-state index contributed by atoms with van der Waals surface area (Å²) in [7, 11) is -1.89. The van der Waals surface area contributed by atoms with Gasteiger partial charge in [0.25, 0.3) is 10.0 Å². The van der Waals surface area contributed by atoms with E-state index >= 15 is 0 Å². The van der Waals surface area contributed by atoms with E-state index in [1.807, 2.05) is 0 Å². The van der Waals surface area contributed by atoms with Crippen LogP contribution in [0.2, 0.25) is 0 Å². The third-order valence-electron chi connectivity index (χ3n) is 3.49. The quantitative estimate of drug-likeness (QED) is 0.827. The van der Waals surface area contributed by atoms with Crippen LogP contribution in [-0.4, -0.2) is 35.2 Å². The molecular formula is C11H19N3O3S. The zero-order valence-corrected chi connectivity index (χ0v) is 11.5. The van der Waals surface area contributed by atoms with Gasteiger partial charge in [0, 0.05) is 19.8 Å². The van der Waals surface area contributed by atoms with Crippen LogP contribution < -0.4 is 4.72 Å². The molecule has 0 aliphatic heterocycles. The predicted octanol–water partition coefficient (Wildman–Crippen LogP) is 0.312. The summed E-state index contributed by atoms with van der Waals surface area (Å²) >= 11 is 0. The molecule has 1 aliphatic carbocycles. The summed E-state index contributed by atoms with van der Waals surface area (Å²) in [6.45, 7) is 1.80. The van der Waals surface area contributed by atoms with E-state index < -0.39 is 15.6 Å². The Morgan fingerprint density at radius 3 is 2.61 bits per heavy atom. The number of aliphatic hydroxyl groups is 1. The third-order valence-corrected chi connectivity index (χ3v) is 4.76. The molecule has 0 unspecified atom stereocenters. The number of aryl methyl sites for hydroxylation is 2. The van der Waals surface area contributed by atoms with Crippen molar-refractivity contribution >= 4 is 10.0 Å². The molecule has 1 saturated carbocycles. The van der Waals surface area contributed by atoms with Crippen molar-refractivity contribution in [1.82, 2.24) is 14.3 Å². The van der Waals surface area contributed by atoms with Gasteiger partial charge in [0.15, 0.2) is 5.03 Å². The maximum absolute atomic E-state index is 12.0. The van der Waals surface area contributed by atoms with E-state index in [2.05, 4.69) is 9.71 Å². The maximum Gasteiger partial charge on any atom is 0.259 e. The number of aromatic nitrogens is 2. The smallest absolute Gasteiger partial charge is 0.259 e. The lowest BCUT2D eigenvalue weighted by atomic mass is 10.0. The number of rotatable bonds is 4. The van der Waals surface area contributed by atoms with Crippen molar-refractivity contribution in [2.75, 3.05) is 6.54 Å². The maximum atomic E-state index is 12.0. The Bertz CT molecular complexity index is 510. The SMILES string of the molecule is Cc1nc(S(=O)(=O)NCC2(O)CCCC2)cn1C. The van der Waals surface area contributed by atoms with Crippen LogP contribution in [0.25, 0.3) is 0 Å². The second kappa shape index (κ2) is 4.64. The minimum atomic E-state index is -3.63. The molecule has 1 heterocycles. The first-order valence-electron chi connectivity index (χ1n) is 6.04. The molecule has 0 radical (unpaired) electrons. The first-order valence-corrected chi connectivity index (χ1v) is 7.53. The fraction of sp³-hybridized carbons (Fsp3) is 0.727. The molecule has 0 aromatic carbocycles. The van der Waals surface area contributed by atoms with Gasteiger partial charge in [-0.15, -0.1) is 0 Å². The van der Waals surface area contributed by atoms with Crippen LogP contribution >= 0.6 is 0 Å². The lowest BCUT2D eigenvalue weighted by Gasteiger charge is -2.21. The van der Waals surface area contributed by atoms with E-state index in [0.29, 0.717) is 18.7 Å². The van der Waals surface area contributed by atoms with Gasteiger partial charge in [-0.25, -0.2) is 18.1 Å². The molecule has 7 heteroatoms. The van der Waals surface area contributed by atoms with E-state index in [9.17, 15) is 13.5 Å². The average molecular weight is 273 g/mol. The van der Waals surface area contributed by atoms with Crippen molar-refractivity contribution in [1.29, 1.82) is 0 Å². The van der Waals surface area contributed by atoms with Gasteiger partial charge in [-0.3, -0.25) is 0 Å². The summed E-state index contributed by atoms with van der Waals surface area (Å²) in [6, 6.07) is 0. The fourth-order valence-electron chi connectivity index (χ4n) is 2.17. The van der Waals surface area contributed by atoms with E-state index in [-0.39, 0.29) is 11.6 Å². The van der Waals surface area contributed by atoms with Crippen LogP contribution in [0.4, 0.5) is 0 Å². The van der Waals surface area contributed by atoms with Gasteiger partial charge in [-0.2, -0.15) is 0 Å². The molecule has 102 valence electrons. The molecule has 0 amide bonds. The first-order chi connectivity index (χ1) is 8.32. The van der Waals surface area contributed by atoms with Gasteiger partial charge in [-0.1, -0.05) is 12.8 Å². The summed E-state index contributed by atoms with van der Waals surface area (Å²) in [4.78, 5) is 3.98. The highest BCUT2D eigenvalue weighted by atomic mass is 32.2. The third kappa shape index (κ3) is 2.73. The van der Waals surface area contributed by atoms with E-state index in [0.717, 1.165) is 12.8 Å². The Balaban J connectivity index is 2.08. The normalized spacial score (nSPS) is 19.3. The number of hydrogen-bond acceptors (Lipinski definition) is 4. The lowest BCUT2D eigenvalue weighted by molar-refractivity contribution is 0.0531. The largest absolute Gasteiger partial charge is 0.389 e. The van der Waals surface area contributed by atoms with Crippen LogP contribution in [0.3, 0.4) is 0 Å². The van der Waals surface area contributed by atoms with Gasteiger partial charge >= 0.3 is 0 Å². The van der Waals surface area contributed by atoms with Crippen molar-refractivity contribution in [3.8, 4) is 0 Å². The Hall–Kier alpha value is -0.920. The van der Waals surface area contributed by atoms with E-state index in [1.54, 1.807) is 18.5 Å². The minimum Gasteiger partial charge on any atom is -0.389 e. The van der Waals surface area contributed by atoms with Crippen molar-refractivity contribution in [3.63, 3.8) is 0 Å². The molecule has 1 aromatic heterocycles. The zero-order valence-electron chi connectivity index (χ0n) is 10.7. The number of nitrogens with one attached hydrogen (secondary N) is 1. The van der Waals surface area contributed by atoms with Crippen molar-refractivity contribution < 1.29 is 13.5 Å². The molecule has 6 nitrogen and oxygen atoms in total. The van der Waals surface area contributed by atoms with Crippen molar-refractivity contribution in [3.05, 3.63) is 12.0 Å². The summed E-state index contributed by atoms with van der Waals surface area (Å²) in [5, 5.41) is 10.1. The molecule has 18 heavy (non-hydrogen) atoms. The lowest BCUT2D eigenvalue weighted by Crippen LogP contribution is -2.40. The highest BCUT2D eigenvalue weighted by Crippen LogP contribution is 2.28. The van der Waals surface area contributed by atoms with Gasteiger partial charge in [0.2, 0.25) is 0 Å². The predicted molar refractivity (Wildman–Crippen MR) is 66.6 cm³/mol. The average Bonchev–Trinajstić information content (AvgIpc) is 2.86. The Morgan fingerprint density at radius 1 is 1.50 bits per heavy atom. The molecule has 0 bridgehead atoms. The number of nitrogens with zero attached hydrogens (tertiary/aromatic N) is 2. The molecule has 2 N–H and O–H groups in total. The highest BCUT2D eigenvalue weighted by molar-refractivity contribution is 7.89. The molecule has 0 spiro atoms. The van der Waals surface area contributed by atoms with Crippen LogP contribution in [-0.2, 0) is 17.1 Å². The monoisotopic (exact) mass is 273 g/mol. The summed E-state index contributed by atoms with van der Waals surface area (Å²) < 4.78 is 28.1. The molecule has 2 rings (SSSR count). The second-order valence-electron chi connectivity index (χ2n) is 4.99. The zero-order chi connectivity index (χ0) is 13.4. The van der Waals surface area contributed by atoms with Gasteiger partial charge in [-0.05, 0) is 19.8 Å². The van der Waals surface area contributed by atoms with E-state index in [4.69, 9.17) is 0 Å². The van der Waals surface area contributed by atoms with Gasteiger partial charge in [0.1, 0.15) is 5.82 Å². The number of sulfonamides is 1. The molecule has 1 aromatic rings. The Kier molecular flexibility index (Phi) is 3.48. The fourth-order valence-corrected chi connectivity index (χ4v) is 3.32. The standard InChI is InChI=1S/C11H19N3O3S/c1-9-13-10(7-14(9)2)18(16,17)12-8-11(15)5-3-4-6-11/h7,12,15H,3-6,8H2,1-2H3. The molecule has 1 aliphatic rings. The molecular weight excluding hydrogens is 254 g/mol.